The van der Waals surface area contributed by atoms with Crippen LogP contribution in [-0.2, 0) is 4.79 Å². The summed E-state index contributed by atoms with van der Waals surface area (Å²) in [6.07, 6.45) is 6.84. The molecule has 0 aromatic carbocycles. The summed E-state index contributed by atoms with van der Waals surface area (Å²) in [5, 5.41) is 31.1. The predicted octanol–water partition coefficient (Wildman–Crippen LogP) is 3.23. The van der Waals surface area contributed by atoms with Crippen LogP contribution in [0.15, 0.2) is 12.2 Å². The van der Waals surface area contributed by atoms with Crippen LogP contribution in [0.4, 0.5) is 0 Å². The Hall–Kier alpha value is -0.870. The van der Waals surface area contributed by atoms with Gasteiger partial charge in [0, 0.05) is 0 Å². The molecule has 0 spiro atoms. The van der Waals surface area contributed by atoms with Crippen LogP contribution >= 0.6 is 0 Å². The molecule has 0 amide bonds. The van der Waals surface area contributed by atoms with Gasteiger partial charge >= 0.3 is 5.97 Å². The van der Waals surface area contributed by atoms with Crippen LogP contribution in [0.2, 0.25) is 0 Å². The molecule has 0 aliphatic heterocycles. The van der Waals surface area contributed by atoms with Gasteiger partial charge in [0.1, 0.15) is 5.60 Å². The molecular formula is C20H32O4. The quantitative estimate of drug-likeness (QED) is 0.677. The van der Waals surface area contributed by atoms with Crippen LogP contribution in [0, 0.1) is 34.5 Å². The van der Waals surface area contributed by atoms with Crippen molar-refractivity contribution in [1.82, 2.24) is 0 Å². The number of hydrogen-bond acceptors (Lipinski definition) is 3. The van der Waals surface area contributed by atoms with Gasteiger partial charge in [-0.05, 0) is 68.1 Å². The summed E-state index contributed by atoms with van der Waals surface area (Å²) in [6.45, 7) is 8.10. The van der Waals surface area contributed by atoms with E-state index < -0.39 is 23.1 Å². The monoisotopic (exact) mass is 336 g/mol. The van der Waals surface area contributed by atoms with Crippen molar-refractivity contribution in [3.63, 3.8) is 0 Å². The summed E-state index contributed by atoms with van der Waals surface area (Å²) >= 11 is 0. The average Bonchev–Trinajstić information content (AvgIpc) is 2.82. The van der Waals surface area contributed by atoms with Crippen LogP contribution < -0.4 is 0 Å². The van der Waals surface area contributed by atoms with E-state index in [0.717, 1.165) is 19.3 Å². The summed E-state index contributed by atoms with van der Waals surface area (Å²) in [7, 11) is 0. The molecule has 3 rings (SSSR count). The second-order valence-electron chi connectivity index (χ2n) is 9.36. The molecular weight excluding hydrogens is 304 g/mol. The fourth-order valence-corrected chi connectivity index (χ4v) is 6.18. The van der Waals surface area contributed by atoms with E-state index in [4.69, 9.17) is 0 Å². The molecule has 3 N–H and O–H groups in total. The van der Waals surface area contributed by atoms with Gasteiger partial charge in [-0.1, -0.05) is 32.9 Å². The molecule has 2 saturated carbocycles. The van der Waals surface area contributed by atoms with Gasteiger partial charge in [0.25, 0.3) is 0 Å². The topological polar surface area (TPSA) is 77.8 Å². The Bertz CT molecular complexity index is 552. The molecule has 3 aliphatic rings. The maximum Gasteiger partial charge on any atom is 0.310 e. The molecule has 0 aromatic rings. The van der Waals surface area contributed by atoms with E-state index >= 15 is 0 Å². The minimum atomic E-state index is -1.23. The number of aliphatic hydroxyl groups excluding tert-OH is 1. The van der Waals surface area contributed by atoms with Crippen molar-refractivity contribution in [1.29, 1.82) is 0 Å². The van der Waals surface area contributed by atoms with Crippen molar-refractivity contribution in [2.45, 2.75) is 71.5 Å². The third-order valence-electron chi connectivity index (χ3n) is 7.64. The molecule has 7 atom stereocenters. The highest BCUT2D eigenvalue weighted by Crippen LogP contribution is 2.65. The molecule has 0 radical (unpaired) electrons. The van der Waals surface area contributed by atoms with Crippen LogP contribution in [0.5, 0.6) is 0 Å². The highest BCUT2D eigenvalue weighted by Gasteiger charge is 2.64. The van der Waals surface area contributed by atoms with Crippen LogP contribution in [0.1, 0.15) is 59.8 Å². The van der Waals surface area contributed by atoms with Crippen molar-refractivity contribution in [2.75, 3.05) is 0 Å². The third kappa shape index (κ3) is 2.37. The number of allylic oxidation sites excluding steroid dienone is 1. The van der Waals surface area contributed by atoms with E-state index in [-0.39, 0.29) is 23.2 Å². The number of hydrogen-bond donors (Lipinski definition) is 3. The molecule has 0 saturated heterocycles. The van der Waals surface area contributed by atoms with E-state index in [2.05, 4.69) is 20.8 Å². The van der Waals surface area contributed by atoms with E-state index in [1.54, 1.807) is 13.0 Å². The molecule has 24 heavy (non-hydrogen) atoms. The molecule has 0 aromatic heterocycles. The first-order valence-electron chi connectivity index (χ1n) is 9.38. The summed E-state index contributed by atoms with van der Waals surface area (Å²) in [6, 6.07) is 0. The highest BCUT2D eigenvalue weighted by atomic mass is 16.4. The van der Waals surface area contributed by atoms with E-state index in [0.29, 0.717) is 18.8 Å². The van der Waals surface area contributed by atoms with Gasteiger partial charge in [0.05, 0.1) is 11.5 Å². The van der Waals surface area contributed by atoms with Crippen molar-refractivity contribution in [3.05, 3.63) is 12.2 Å². The smallest absolute Gasteiger partial charge is 0.310 e. The Morgan fingerprint density at radius 1 is 1.21 bits per heavy atom. The predicted molar refractivity (Wildman–Crippen MR) is 92.3 cm³/mol. The molecule has 4 nitrogen and oxygen atoms in total. The number of fused-ring (bicyclic) bond motifs is 3. The van der Waals surface area contributed by atoms with Crippen molar-refractivity contribution in [3.8, 4) is 0 Å². The fourth-order valence-electron chi connectivity index (χ4n) is 6.18. The Morgan fingerprint density at radius 2 is 1.88 bits per heavy atom. The molecule has 2 fully saturated rings. The molecule has 0 bridgehead atoms. The summed E-state index contributed by atoms with van der Waals surface area (Å²) in [5.41, 5.74) is -2.03. The molecule has 3 aliphatic carbocycles. The first kappa shape index (κ1) is 17.9. The second-order valence-corrected chi connectivity index (χ2v) is 9.36. The molecule has 136 valence electrons. The normalized spacial score (nSPS) is 51.1. The SMILES string of the molecule is CC(C)[C@H]1CC[C@H]2[C@@H]3C=C[C@@](C)(O)[C@@H](O)C[C@]3(C)CC[C@]12C(=O)O. The summed E-state index contributed by atoms with van der Waals surface area (Å²) < 4.78 is 0. The van der Waals surface area contributed by atoms with Gasteiger partial charge < -0.3 is 15.3 Å². The first-order valence-corrected chi connectivity index (χ1v) is 9.38. The lowest BCUT2D eigenvalue weighted by atomic mass is 9.50. The molecule has 0 heterocycles. The second kappa shape index (κ2) is 5.57. The van der Waals surface area contributed by atoms with Gasteiger partial charge in [-0.25, -0.2) is 0 Å². The highest BCUT2D eigenvalue weighted by molar-refractivity contribution is 5.76. The lowest BCUT2D eigenvalue weighted by Crippen LogP contribution is -2.52. The van der Waals surface area contributed by atoms with Crippen molar-refractivity contribution < 1.29 is 20.1 Å². The summed E-state index contributed by atoms with van der Waals surface area (Å²) in [5.74, 6) is 0.134. The molecule has 0 unspecified atom stereocenters. The van der Waals surface area contributed by atoms with Crippen LogP contribution in [0.3, 0.4) is 0 Å². The maximum atomic E-state index is 12.4. The number of carboxylic acid groups (broad SMARTS) is 1. The minimum absolute atomic E-state index is 0.0958. The number of rotatable bonds is 2. The zero-order chi connectivity index (χ0) is 17.9. The lowest BCUT2D eigenvalue weighted by Gasteiger charge is -2.53. The van der Waals surface area contributed by atoms with Crippen LogP contribution in [-0.4, -0.2) is 33.0 Å². The van der Waals surface area contributed by atoms with E-state index in [1.165, 1.54) is 0 Å². The van der Waals surface area contributed by atoms with Gasteiger partial charge in [-0.3, -0.25) is 4.79 Å². The van der Waals surface area contributed by atoms with Crippen molar-refractivity contribution in [2.24, 2.45) is 34.5 Å². The Labute approximate surface area is 145 Å². The fraction of sp³-hybridized carbons (Fsp3) is 0.850. The summed E-state index contributed by atoms with van der Waals surface area (Å²) in [4.78, 5) is 12.4. The first-order chi connectivity index (χ1) is 11.0. The number of aliphatic carboxylic acids is 1. The van der Waals surface area contributed by atoms with Gasteiger partial charge in [0.2, 0.25) is 0 Å². The van der Waals surface area contributed by atoms with E-state index in [1.807, 2.05) is 6.08 Å². The van der Waals surface area contributed by atoms with Gasteiger partial charge in [0.15, 0.2) is 0 Å². The Morgan fingerprint density at radius 3 is 2.46 bits per heavy atom. The Kier molecular flexibility index (Phi) is 4.16. The van der Waals surface area contributed by atoms with E-state index in [9.17, 15) is 20.1 Å². The zero-order valence-corrected chi connectivity index (χ0v) is 15.3. The average molecular weight is 336 g/mol. The maximum absolute atomic E-state index is 12.4. The largest absolute Gasteiger partial charge is 0.481 e. The van der Waals surface area contributed by atoms with Crippen molar-refractivity contribution >= 4 is 5.97 Å². The van der Waals surface area contributed by atoms with Gasteiger partial charge in [-0.2, -0.15) is 0 Å². The van der Waals surface area contributed by atoms with Gasteiger partial charge in [-0.15, -0.1) is 0 Å². The minimum Gasteiger partial charge on any atom is -0.481 e. The Balaban J connectivity index is 2.05. The zero-order valence-electron chi connectivity index (χ0n) is 15.3. The number of carbonyl (C=O) groups is 1. The van der Waals surface area contributed by atoms with Crippen LogP contribution in [0.25, 0.3) is 0 Å². The lowest BCUT2D eigenvalue weighted by molar-refractivity contribution is -0.166. The third-order valence-corrected chi connectivity index (χ3v) is 7.64. The number of aliphatic hydroxyl groups is 2. The number of carboxylic acids is 1. The molecule has 4 heteroatoms. The standard InChI is InChI=1S/C20H32O4/c1-12(2)13-5-6-15-14-7-8-19(4,24)16(21)11-18(14,3)9-10-20(13,15)17(22)23/h7-8,12-16,21,24H,5-6,9-11H2,1-4H3,(H,22,23)/t13-,14+,15+,16+,18+,19-,20+/m1/s1.